The van der Waals surface area contributed by atoms with Gasteiger partial charge in [-0.05, 0) is 19.1 Å². The molecule has 0 fully saturated rings. The summed E-state index contributed by atoms with van der Waals surface area (Å²) >= 11 is 0. The van der Waals surface area contributed by atoms with E-state index >= 15 is 0 Å². The minimum atomic E-state index is -1.08. The zero-order chi connectivity index (χ0) is 17.1. The number of hydrogen-bond donors (Lipinski definition) is 2. The number of hydrogen-bond acceptors (Lipinski definition) is 3. The molecule has 1 heterocycles. The summed E-state index contributed by atoms with van der Waals surface area (Å²) in [5.74, 6) is -1.51. The number of rotatable bonds is 4. The first kappa shape index (κ1) is 15.7. The van der Waals surface area contributed by atoms with Crippen molar-refractivity contribution in [3.05, 3.63) is 66.2 Å². The van der Waals surface area contributed by atoms with Gasteiger partial charge >= 0.3 is 5.97 Å². The number of para-hydroxylation sites is 1. The van der Waals surface area contributed by atoms with Gasteiger partial charge in [0.1, 0.15) is 6.04 Å². The molecule has 0 saturated heterocycles. The van der Waals surface area contributed by atoms with Crippen molar-refractivity contribution in [2.45, 2.75) is 13.0 Å². The molecule has 1 aromatic heterocycles. The standard InChI is InChI=1S/C19H16N2O3/c1-12(19(23)24)20-18(22)15-11-17(13-7-3-2-4-8-13)21-16-10-6-5-9-14(15)16/h2-12H,1H3,(H,20,22)(H,23,24)/t12-/m1/s1. The molecule has 0 radical (unpaired) electrons. The fourth-order valence-electron chi connectivity index (χ4n) is 2.46. The highest BCUT2D eigenvalue weighted by atomic mass is 16.4. The van der Waals surface area contributed by atoms with Gasteiger partial charge in [-0.1, -0.05) is 48.5 Å². The van der Waals surface area contributed by atoms with Gasteiger partial charge in [-0.25, -0.2) is 4.98 Å². The third-order valence-electron chi connectivity index (χ3n) is 3.75. The lowest BCUT2D eigenvalue weighted by molar-refractivity contribution is -0.138. The van der Waals surface area contributed by atoms with E-state index in [2.05, 4.69) is 10.3 Å². The van der Waals surface area contributed by atoms with Crippen LogP contribution >= 0.6 is 0 Å². The minimum absolute atomic E-state index is 0.410. The smallest absolute Gasteiger partial charge is 0.325 e. The van der Waals surface area contributed by atoms with Crippen LogP contribution in [0.25, 0.3) is 22.2 Å². The molecule has 0 bridgehead atoms. The molecule has 5 heteroatoms. The molecule has 3 aromatic rings. The van der Waals surface area contributed by atoms with Crippen LogP contribution in [-0.4, -0.2) is 28.0 Å². The second kappa shape index (κ2) is 6.50. The zero-order valence-corrected chi connectivity index (χ0v) is 13.1. The Bertz CT molecular complexity index is 907. The van der Waals surface area contributed by atoms with Crippen LogP contribution in [-0.2, 0) is 4.79 Å². The summed E-state index contributed by atoms with van der Waals surface area (Å²) in [6.45, 7) is 1.43. The molecule has 0 saturated carbocycles. The van der Waals surface area contributed by atoms with E-state index in [1.807, 2.05) is 48.5 Å². The topological polar surface area (TPSA) is 79.3 Å². The molecular weight excluding hydrogens is 304 g/mol. The zero-order valence-electron chi connectivity index (χ0n) is 13.1. The third kappa shape index (κ3) is 3.10. The number of carboxylic acid groups (broad SMARTS) is 1. The Kier molecular flexibility index (Phi) is 4.24. The van der Waals surface area contributed by atoms with Crippen molar-refractivity contribution in [1.29, 1.82) is 0 Å². The molecule has 0 aliphatic carbocycles. The molecule has 120 valence electrons. The van der Waals surface area contributed by atoms with Gasteiger partial charge in [-0.3, -0.25) is 9.59 Å². The van der Waals surface area contributed by atoms with E-state index in [0.717, 1.165) is 5.56 Å². The molecule has 2 aromatic carbocycles. The number of amides is 1. The molecule has 5 nitrogen and oxygen atoms in total. The van der Waals surface area contributed by atoms with Crippen LogP contribution in [0, 0.1) is 0 Å². The summed E-state index contributed by atoms with van der Waals surface area (Å²) in [5, 5.41) is 12.2. The van der Waals surface area contributed by atoms with Crippen molar-refractivity contribution >= 4 is 22.8 Å². The molecule has 1 atom stereocenters. The predicted octanol–water partition coefficient (Wildman–Crippen LogP) is 3.10. The molecular formula is C19H16N2O3. The summed E-state index contributed by atoms with van der Waals surface area (Å²) < 4.78 is 0. The number of fused-ring (bicyclic) bond motifs is 1. The van der Waals surface area contributed by atoms with E-state index in [-0.39, 0.29) is 0 Å². The van der Waals surface area contributed by atoms with Gasteiger partial charge in [-0.2, -0.15) is 0 Å². The summed E-state index contributed by atoms with van der Waals surface area (Å²) in [6.07, 6.45) is 0. The molecule has 1 amide bonds. The van der Waals surface area contributed by atoms with E-state index in [9.17, 15) is 9.59 Å². The first-order valence-electron chi connectivity index (χ1n) is 7.55. The van der Waals surface area contributed by atoms with Gasteiger partial charge in [0, 0.05) is 10.9 Å². The Balaban J connectivity index is 2.11. The number of carboxylic acids is 1. The average molecular weight is 320 g/mol. The van der Waals surface area contributed by atoms with Gasteiger partial charge in [0.2, 0.25) is 0 Å². The largest absolute Gasteiger partial charge is 0.480 e. The summed E-state index contributed by atoms with van der Waals surface area (Å²) in [6, 6.07) is 17.6. The lowest BCUT2D eigenvalue weighted by Gasteiger charge is -2.12. The maximum atomic E-state index is 12.6. The van der Waals surface area contributed by atoms with Crippen LogP contribution in [0.1, 0.15) is 17.3 Å². The number of nitrogens with zero attached hydrogens (tertiary/aromatic N) is 1. The Morgan fingerprint density at radius 3 is 2.42 bits per heavy atom. The molecule has 0 aliphatic rings. The quantitative estimate of drug-likeness (QED) is 0.774. The van der Waals surface area contributed by atoms with Crippen molar-refractivity contribution in [1.82, 2.24) is 10.3 Å². The Morgan fingerprint density at radius 1 is 1.04 bits per heavy atom. The molecule has 0 unspecified atom stereocenters. The minimum Gasteiger partial charge on any atom is -0.480 e. The maximum Gasteiger partial charge on any atom is 0.325 e. The molecule has 24 heavy (non-hydrogen) atoms. The Morgan fingerprint density at radius 2 is 1.71 bits per heavy atom. The number of aromatic nitrogens is 1. The summed E-state index contributed by atoms with van der Waals surface area (Å²) in [5.41, 5.74) is 2.66. The Labute approximate surface area is 139 Å². The van der Waals surface area contributed by atoms with Gasteiger partial charge in [0.25, 0.3) is 5.91 Å². The number of carbonyl (C=O) groups excluding carboxylic acids is 1. The highest BCUT2D eigenvalue weighted by Gasteiger charge is 2.18. The number of carbonyl (C=O) groups is 2. The fourth-order valence-corrected chi connectivity index (χ4v) is 2.46. The lowest BCUT2D eigenvalue weighted by Crippen LogP contribution is -2.38. The number of nitrogens with one attached hydrogen (secondary N) is 1. The van der Waals surface area contributed by atoms with E-state index in [4.69, 9.17) is 5.11 Å². The lowest BCUT2D eigenvalue weighted by atomic mass is 10.0. The van der Waals surface area contributed by atoms with Crippen LogP contribution in [0.3, 0.4) is 0 Å². The highest BCUT2D eigenvalue weighted by molar-refractivity contribution is 6.08. The van der Waals surface area contributed by atoms with Crippen molar-refractivity contribution in [3.63, 3.8) is 0 Å². The first-order chi connectivity index (χ1) is 11.6. The molecule has 0 spiro atoms. The van der Waals surface area contributed by atoms with E-state index in [0.29, 0.717) is 22.2 Å². The van der Waals surface area contributed by atoms with E-state index < -0.39 is 17.9 Å². The van der Waals surface area contributed by atoms with Gasteiger partial charge in [-0.15, -0.1) is 0 Å². The van der Waals surface area contributed by atoms with Crippen LogP contribution in [0.4, 0.5) is 0 Å². The second-order valence-electron chi connectivity index (χ2n) is 5.47. The van der Waals surface area contributed by atoms with Gasteiger partial charge in [0.15, 0.2) is 0 Å². The second-order valence-corrected chi connectivity index (χ2v) is 5.47. The first-order valence-corrected chi connectivity index (χ1v) is 7.55. The van der Waals surface area contributed by atoms with Crippen LogP contribution < -0.4 is 5.32 Å². The number of pyridine rings is 1. The predicted molar refractivity (Wildman–Crippen MR) is 91.7 cm³/mol. The van der Waals surface area contributed by atoms with Crippen molar-refractivity contribution in [3.8, 4) is 11.3 Å². The van der Waals surface area contributed by atoms with E-state index in [1.54, 1.807) is 12.1 Å². The van der Waals surface area contributed by atoms with Crippen molar-refractivity contribution in [2.75, 3.05) is 0 Å². The van der Waals surface area contributed by atoms with Crippen molar-refractivity contribution in [2.24, 2.45) is 0 Å². The summed E-state index contributed by atoms with van der Waals surface area (Å²) in [7, 11) is 0. The molecule has 2 N–H and O–H groups in total. The number of aliphatic carboxylic acids is 1. The van der Waals surface area contributed by atoms with Crippen LogP contribution in [0.15, 0.2) is 60.7 Å². The Hall–Kier alpha value is -3.21. The number of benzene rings is 2. The van der Waals surface area contributed by atoms with Gasteiger partial charge < -0.3 is 10.4 Å². The average Bonchev–Trinajstić information content (AvgIpc) is 2.61. The monoisotopic (exact) mass is 320 g/mol. The highest BCUT2D eigenvalue weighted by Crippen LogP contribution is 2.24. The molecule has 0 aliphatic heterocycles. The normalized spacial score (nSPS) is 11.9. The third-order valence-corrected chi connectivity index (χ3v) is 3.75. The maximum absolute atomic E-state index is 12.6. The van der Waals surface area contributed by atoms with E-state index in [1.165, 1.54) is 6.92 Å². The van der Waals surface area contributed by atoms with Crippen LogP contribution in [0.2, 0.25) is 0 Å². The van der Waals surface area contributed by atoms with Crippen molar-refractivity contribution < 1.29 is 14.7 Å². The SMILES string of the molecule is C[C@@H](NC(=O)c1cc(-c2ccccc2)nc2ccccc12)C(=O)O. The fraction of sp³-hybridized carbons (Fsp3) is 0.105. The summed E-state index contributed by atoms with van der Waals surface area (Å²) in [4.78, 5) is 28.2. The van der Waals surface area contributed by atoms with Crippen LogP contribution in [0.5, 0.6) is 0 Å². The molecule has 3 rings (SSSR count). The van der Waals surface area contributed by atoms with Gasteiger partial charge in [0.05, 0.1) is 16.8 Å².